The van der Waals surface area contributed by atoms with Crippen molar-refractivity contribution in [2.45, 2.75) is 5.41 Å². The maximum atomic E-state index is 6.27. The molecule has 0 amide bonds. The molecule has 0 bridgehead atoms. The molecular weight excluding hydrogens is 845 g/mol. The Labute approximate surface area is 397 Å². The molecule has 1 aliphatic carbocycles. The number of para-hydroxylation sites is 6. The van der Waals surface area contributed by atoms with Crippen molar-refractivity contribution in [2.24, 2.45) is 0 Å². The Kier molecular flexibility index (Phi) is 8.70. The Morgan fingerprint density at radius 2 is 0.884 bits per heavy atom. The number of oxazole rings is 2. The van der Waals surface area contributed by atoms with Gasteiger partial charge in [-0.15, -0.1) is 0 Å². The fourth-order valence-electron chi connectivity index (χ4n) is 10.9. The molecule has 0 N–H and O–H groups in total. The van der Waals surface area contributed by atoms with E-state index in [4.69, 9.17) is 18.8 Å². The van der Waals surface area contributed by atoms with E-state index < -0.39 is 5.41 Å². The lowest BCUT2D eigenvalue weighted by Crippen LogP contribution is -2.29. The van der Waals surface area contributed by atoms with Crippen LogP contribution in [0.15, 0.2) is 251 Å². The van der Waals surface area contributed by atoms with Crippen molar-refractivity contribution in [3.05, 3.63) is 265 Å². The molecule has 1 aliphatic rings. The van der Waals surface area contributed by atoms with Crippen molar-refractivity contribution in [1.82, 2.24) is 14.5 Å². The number of rotatable bonds is 8. The standard InChI is InChI=1S/C63H40N4O2/c1-4-16-43(17-5-1)63(44-18-6-2-7-19-44)53-39-47(66(45-20-8-3-9-21-45)46-31-28-41(29-32-46)61-64-55-23-11-14-26-59(55)68-61)33-35-49(53)50-36-34-48(40-54(50)63)67-57-25-13-10-22-51(57)52-38-42(30-37-58(52)67)62-65-56-24-12-15-27-60(56)69-62/h1-40H. The van der Waals surface area contributed by atoms with Crippen LogP contribution in [0.3, 0.4) is 0 Å². The molecule has 14 rings (SSSR count). The van der Waals surface area contributed by atoms with E-state index in [1.807, 2.05) is 48.5 Å². The fraction of sp³-hybridized carbons (Fsp3) is 0.0159. The van der Waals surface area contributed by atoms with Gasteiger partial charge < -0.3 is 18.3 Å². The van der Waals surface area contributed by atoms with Crippen molar-refractivity contribution in [1.29, 1.82) is 0 Å². The predicted molar refractivity (Wildman–Crippen MR) is 279 cm³/mol. The van der Waals surface area contributed by atoms with E-state index in [0.29, 0.717) is 11.8 Å². The first-order chi connectivity index (χ1) is 34.2. The van der Waals surface area contributed by atoms with Crippen LogP contribution in [0.2, 0.25) is 0 Å². The summed E-state index contributed by atoms with van der Waals surface area (Å²) in [7, 11) is 0. The first kappa shape index (κ1) is 39.0. The van der Waals surface area contributed by atoms with E-state index in [1.54, 1.807) is 0 Å². The lowest BCUT2D eigenvalue weighted by Gasteiger charge is -2.35. The van der Waals surface area contributed by atoms with Gasteiger partial charge in [0.1, 0.15) is 11.0 Å². The summed E-state index contributed by atoms with van der Waals surface area (Å²) in [4.78, 5) is 12.0. The van der Waals surface area contributed by atoms with Crippen LogP contribution in [0.1, 0.15) is 22.3 Å². The van der Waals surface area contributed by atoms with Crippen LogP contribution in [0.5, 0.6) is 0 Å². The number of nitrogens with zero attached hydrogens (tertiary/aromatic N) is 4. The monoisotopic (exact) mass is 884 g/mol. The minimum atomic E-state index is -0.669. The lowest BCUT2D eigenvalue weighted by atomic mass is 9.67. The Morgan fingerprint density at radius 3 is 1.55 bits per heavy atom. The maximum absolute atomic E-state index is 6.27. The SMILES string of the molecule is c1ccc(N(c2ccc(-c3nc4ccccc4o3)cc2)c2ccc3c(c2)C(c2ccccc2)(c2ccccc2)c2cc(-n4c5ccccc5c5cc(-c6nc7ccccc7o6)ccc54)ccc2-3)cc1. The zero-order valence-electron chi connectivity index (χ0n) is 37.2. The molecule has 0 radical (unpaired) electrons. The highest BCUT2D eigenvalue weighted by molar-refractivity contribution is 6.10. The van der Waals surface area contributed by atoms with Gasteiger partial charge in [-0.1, -0.05) is 133 Å². The highest BCUT2D eigenvalue weighted by Gasteiger charge is 2.47. The number of anilines is 3. The average Bonchev–Trinajstić information content (AvgIpc) is 4.20. The zero-order chi connectivity index (χ0) is 45.5. The summed E-state index contributed by atoms with van der Waals surface area (Å²) in [6.07, 6.45) is 0. The second-order valence-electron chi connectivity index (χ2n) is 17.7. The van der Waals surface area contributed by atoms with Gasteiger partial charge in [0, 0.05) is 44.6 Å². The molecule has 3 heterocycles. The summed E-state index contributed by atoms with van der Waals surface area (Å²) < 4.78 is 14.9. The Balaban J connectivity index is 0.960. The lowest BCUT2D eigenvalue weighted by molar-refractivity contribution is 0.619. The molecule has 324 valence electrons. The number of fused-ring (bicyclic) bond motifs is 8. The van der Waals surface area contributed by atoms with Crippen LogP contribution in [0, 0.1) is 0 Å². The fourth-order valence-corrected chi connectivity index (χ4v) is 10.9. The van der Waals surface area contributed by atoms with E-state index in [2.05, 4.69) is 204 Å². The smallest absolute Gasteiger partial charge is 0.227 e. The second kappa shape index (κ2) is 15.4. The van der Waals surface area contributed by atoms with Gasteiger partial charge in [-0.3, -0.25) is 0 Å². The Bertz CT molecular complexity index is 3970. The first-order valence-corrected chi connectivity index (χ1v) is 23.3. The van der Waals surface area contributed by atoms with Gasteiger partial charge in [-0.05, 0) is 143 Å². The summed E-state index contributed by atoms with van der Waals surface area (Å²) in [6, 6.07) is 86.4. The predicted octanol–water partition coefficient (Wildman–Crippen LogP) is 16.2. The number of benzene rings is 10. The minimum Gasteiger partial charge on any atom is -0.436 e. The van der Waals surface area contributed by atoms with E-state index >= 15 is 0 Å². The summed E-state index contributed by atoms with van der Waals surface area (Å²) in [6.45, 7) is 0. The normalized spacial score (nSPS) is 12.8. The summed E-state index contributed by atoms with van der Waals surface area (Å²) in [5.74, 6) is 1.22. The first-order valence-electron chi connectivity index (χ1n) is 23.3. The van der Waals surface area contributed by atoms with Crippen molar-refractivity contribution in [3.63, 3.8) is 0 Å². The summed E-state index contributed by atoms with van der Waals surface area (Å²) in [5.41, 5.74) is 18.2. The molecule has 0 aliphatic heterocycles. The summed E-state index contributed by atoms with van der Waals surface area (Å²) in [5, 5.41) is 2.30. The molecule has 69 heavy (non-hydrogen) atoms. The third kappa shape index (κ3) is 6.05. The molecule has 13 aromatic rings. The van der Waals surface area contributed by atoms with Crippen LogP contribution < -0.4 is 4.90 Å². The average molecular weight is 885 g/mol. The van der Waals surface area contributed by atoms with Gasteiger partial charge in [0.15, 0.2) is 11.2 Å². The quantitative estimate of drug-likeness (QED) is 0.152. The van der Waals surface area contributed by atoms with Crippen LogP contribution in [-0.2, 0) is 5.41 Å². The molecule has 0 saturated heterocycles. The molecule has 0 unspecified atom stereocenters. The van der Waals surface area contributed by atoms with Crippen LogP contribution in [-0.4, -0.2) is 14.5 Å². The molecule has 0 spiro atoms. The van der Waals surface area contributed by atoms with Crippen molar-refractivity contribution >= 4 is 61.1 Å². The molecular formula is C63H40N4O2. The highest BCUT2D eigenvalue weighted by atomic mass is 16.4. The third-order valence-electron chi connectivity index (χ3n) is 13.9. The molecule has 3 aromatic heterocycles. The Hall–Kier alpha value is -9.26. The van der Waals surface area contributed by atoms with E-state index in [9.17, 15) is 0 Å². The van der Waals surface area contributed by atoms with Gasteiger partial charge in [-0.25, -0.2) is 9.97 Å². The van der Waals surface area contributed by atoms with Crippen molar-refractivity contribution in [3.8, 4) is 39.7 Å². The number of hydrogen-bond donors (Lipinski definition) is 0. The number of hydrogen-bond acceptors (Lipinski definition) is 5. The molecule has 0 fully saturated rings. The van der Waals surface area contributed by atoms with E-state index in [0.717, 1.165) is 72.5 Å². The van der Waals surface area contributed by atoms with Gasteiger partial charge in [0.05, 0.1) is 16.4 Å². The van der Waals surface area contributed by atoms with E-state index in [-0.39, 0.29) is 0 Å². The van der Waals surface area contributed by atoms with Crippen molar-refractivity contribution < 1.29 is 8.83 Å². The van der Waals surface area contributed by atoms with Gasteiger partial charge in [0.25, 0.3) is 0 Å². The molecule has 6 nitrogen and oxygen atoms in total. The van der Waals surface area contributed by atoms with Gasteiger partial charge in [0.2, 0.25) is 11.8 Å². The molecule has 0 saturated carbocycles. The van der Waals surface area contributed by atoms with Crippen LogP contribution in [0.25, 0.3) is 83.7 Å². The number of aromatic nitrogens is 3. The maximum Gasteiger partial charge on any atom is 0.227 e. The van der Waals surface area contributed by atoms with Gasteiger partial charge in [-0.2, -0.15) is 0 Å². The van der Waals surface area contributed by atoms with E-state index in [1.165, 1.54) is 38.8 Å². The van der Waals surface area contributed by atoms with Crippen molar-refractivity contribution in [2.75, 3.05) is 4.90 Å². The zero-order valence-corrected chi connectivity index (χ0v) is 37.2. The molecule has 10 aromatic carbocycles. The third-order valence-corrected chi connectivity index (χ3v) is 13.9. The summed E-state index contributed by atoms with van der Waals surface area (Å²) >= 11 is 0. The molecule has 6 heteroatoms. The van der Waals surface area contributed by atoms with Crippen LogP contribution >= 0.6 is 0 Å². The van der Waals surface area contributed by atoms with Crippen LogP contribution in [0.4, 0.5) is 17.1 Å². The topological polar surface area (TPSA) is 60.2 Å². The highest BCUT2D eigenvalue weighted by Crippen LogP contribution is 2.58. The van der Waals surface area contributed by atoms with Gasteiger partial charge >= 0.3 is 0 Å². The second-order valence-corrected chi connectivity index (χ2v) is 17.7. The Morgan fingerprint density at radius 1 is 0.377 bits per heavy atom. The molecule has 0 atom stereocenters. The minimum absolute atomic E-state index is 0.602. The largest absolute Gasteiger partial charge is 0.436 e.